The number of carbonyl (C=O) groups excluding carboxylic acids is 1. The van der Waals surface area contributed by atoms with E-state index in [1.54, 1.807) is 7.11 Å². The van der Waals surface area contributed by atoms with E-state index >= 15 is 0 Å². The zero-order valence-electron chi connectivity index (χ0n) is 14.7. The number of ether oxygens (including phenoxy) is 2. The molecule has 4 heteroatoms. The number of amides is 1. The lowest BCUT2D eigenvalue weighted by atomic mass is 10.0. The number of carbonyl (C=O) groups is 1. The van der Waals surface area contributed by atoms with Crippen LogP contribution in [0.2, 0.25) is 0 Å². The largest absolute Gasteiger partial charge is 0.496 e. The summed E-state index contributed by atoms with van der Waals surface area (Å²) in [5.41, 5.74) is 2.19. The lowest BCUT2D eigenvalue weighted by molar-refractivity contribution is -0.123. The van der Waals surface area contributed by atoms with Crippen LogP contribution < -0.4 is 14.8 Å². The van der Waals surface area contributed by atoms with Gasteiger partial charge in [0.15, 0.2) is 6.61 Å². The first-order valence-corrected chi connectivity index (χ1v) is 8.16. The van der Waals surface area contributed by atoms with E-state index in [0.29, 0.717) is 11.7 Å². The van der Waals surface area contributed by atoms with E-state index < -0.39 is 0 Å². The van der Waals surface area contributed by atoms with E-state index in [1.165, 1.54) is 5.56 Å². The van der Waals surface area contributed by atoms with Crippen LogP contribution >= 0.6 is 0 Å². The third kappa shape index (κ3) is 4.75. The van der Waals surface area contributed by atoms with Crippen LogP contribution in [0.3, 0.4) is 0 Å². The molecule has 0 fully saturated rings. The molecular formula is C20H25NO3. The zero-order chi connectivity index (χ0) is 17.5. The first kappa shape index (κ1) is 17.9. The van der Waals surface area contributed by atoms with Gasteiger partial charge in [-0.15, -0.1) is 0 Å². The molecule has 2 rings (SSSR count). The van der Waals surface area contributed by atoms with E-state index in [4.69, 9.17) is 9.47 Å². The molecule has 0 saturated carbocycles. The van der Waals surface area contributed by atoms with Crippen molar-refractivity contribution in [3.05, 3.63) is 59.7 Å². The Morgan fingerprint density at radius 1 is 1.04 bits per heavy atom. The number of hydrogen-bond donors (Lipinski definition) is 1. The summed E-state index contributed by atoms with van der Waals surface area (Å²) < 4.78 is 10.9. The molecule has 0 aliphatic heterocycles. The minimum atomic E-state index is -0.165. The number of rotatable bonds is 7. The minimum Gasteiger partial charge on any atom is -0.496 e. The number of hydrogen-bond acceptors (Lipinski definition) is 3. The third-order valence-electron chi connectivity index (χ3n) is 3.90. The van der Waals surface area contributed by atoms with Gasteiger partial charge in [-0.3, -0.25) is 4.79 Å². The van der Waals surface area contributed by atoms with Crippen LogP contribution in [-0.4, -0.2) is 19.6 Å². The summed E-state index contributed by atoms with van der Waals surface area (Å²) in [6, 6.07) is 15.3. The zero-order valence-corrected chi connectivity index (χ0v) is 14.7. The Balaban J connectivity index is 1.88. The predicted octanol–water partition coefficient (Wildman–Crippen LogP) is 4.07. The summed E-state index contributed by atoms with van der Waals surface area (Å²) in [6.45, 7) is 6.19. The Morgan fingerprint density at radius 2 is 1.71 bits per heavy atom. The Morgan fingerprint density at radius 3 is 2.33 bits per heavy atom. The Bertz CT molecular complexity index is 665. The molecule has 24 heavy (non-hydrogen) atoms. The highest BCUT2D eigenvalue weighted by Crippen LogP contribution is 2.24. The first-order valence-electron chi connectivity index (χ1n) is 8.16. The highest BCUT2D eigenvalue weighted by atomic mass is 16.5. The van der Waals surface area contributed by atoms with Crippen LogP contribution in [0.25, 0.3) is 0 Å². The topological polar surface area (TPSA) is 47.6 Å². The molecular weight excluding hydrogens is 302 g/mol. The van der Waals surface area contributed by atoms with Gasteiger partial charge in [0.2, 0.25) is 0 Å². The summed E-state index contributed by atoms with van der Waals surface area (Å²) in [5, 5.41) is 2.93. The van der Waals surface area contributed by atoms with Gasteiger partial charge in [-0.1, -0.05) is 44.2 Å². The van der Waals surface area contributed by atoms with Crippen LogP contribution in [-0.2, 0) is 4.79 Å². The van der Waals surface area contributed by atoms with E-state index in [-0.39, 0.29) is 18.6 Å². The Kier molecular flexibility index (Phi) is 6.24. The maximum absolute atomic E-state index is 12.1. The predicted molar refractivity (Wildman–Crippen MR) is 95.6 cm³/mol. The summed E-state index contributed by atoms with van der Waals surface area (Å²) in [4.78, 5) is 12.1. The smallest absolute Gasteiger partial charge is 0.258 e. The van der Waals surface area contributed by atoms with Crippen LogP contribution in [0.1, 0.15) is 43.9 Å². The molecule has 0 spiro atoms. The normalized spacial score (nSPS) is 11.9. The highest BCUT2D eigenvalue weighted by molar-refractivity contribution is 5.78. The molecule has 1 unspecified atom stereocenters. The number of para-hydroxylation sites is 1. The van der Waals surface area contributed by atoms with Gasteiger partial charge in [0, 0.05) is 5.56 Å². The van der Waals surface area contributed by atoms with Gasteiger partial charge in [0.05, 0.1) is 13.2 Å². The van der Waals surface area contributed by atoms with Gasteiger partial charge in [0.1, 0.15) is 11.5 Å². The van der Waals surface area contributed by atoms with Gasteiger partial charge in [-0.2, -0.15) is 0 Å². The molecule has 2 aromatic carbocycles. The van der Waals surface area contributed by atoms with E-state index in [9.17, 15) is 4.79 Å². The molecule has 1 amide bonds. The van der Waals surface area contributed by atoms with Crippen LogP contribution in [0.4, 0.5) is 0 Å². The lowest BCUT2D eigenvalue weighted by Crippen LogP contribution is -2.31. The van der Waals surface area contributed by atoms with E-state index in [2.05, 4.69) is 19.2 Å². The molecule has 1 N–H and O–H groups in total. The first-order chi connectivity index (χ1) is 11.5. The highest BCUT2D eigenvalue weighted by Gasteiger charge is 2.14. The summed E-state index contributed by atoms with van der Waals surface area (Å²) in [6.07, 6.45) is 0. The van der Waals surface area contributed by atoms with Crippen LogP contribution in [0.15, 0.2) is 48.5 Å². The van der Waals surface area contributed by atoms with Crippen molar-refractivity contribution in [2.75, 3.05) is 13.7 Å². The van der Waals surface area contributed by atoms with Crippen LogP contribution in [0, 0.1) is 0 Å². The molecule has 2 aromatic rings. The van der Waals surface area contributed by atoms with Crippen LogP contribution in [0.5, 0.6) is 11.5 Å². The molecule has 0 aliphatic carbocycles. The standard InChI is InChI=1S/C20H25NO3/c1-14(2)16-9-11-17(12-10-16)24-13-20(22)21-15(3)18-7-5-6-8-19(18)23-4/h5-12,14-15H,13H2,1-4H3,(H,21,22). The Hall–Kier alpha value is -2.49. The Labute approximate surface area is 143 Å². The average molecular weight is 327 g/mol. The maximum atomic E-state index is 12.1. The summed E-state index contributed by atoms with van der Waals surface area (Å²) in [5.74, 6) is 1.76. The second-order valence-electron chi connectivity index (χ2n) is 6.04. The number of nitrogens with one attached hydrogen (secondary N) is 1. The quantitative estimate of drug-likeness (QED) is 0.834. The second-order valence-corrected chi connectivity index (χ2v) is 6.04. The van der Waals surface area contributed by atoms with Crippen molar-refractivity contribution in [1.82, 2.24) is 5.32 Å². The average Bonchev–Trinajstić information content (AvgIpc) is 2.60. The van der Waals surface area contributed by atoms with Gasteiger partial charge < -0.3 is 14.8 Å². The second kappa shape index (κ2) is 8.39. The van der Waals surface area contributed by atoms with Crippen molar-refractivity contribution in [2.24, 2.45) is 0 Å². The van der Waals surface area contributed by atoms with E-state index in [0.717, 1.165) is 11.3 Å². The minimum absolute atomic E-state index is 0.0134. The SMILES string of the molecule is COc1ccccc1C(C)NC(=O)COc1ccc(C(C)C)cc1. The van der Waals surface area contributed by atoms with Gasteiger partial charge in [0.25, 0.3) is 5.91 Å². The van der Waals surface area contributed by atoms with Gasteiger partial charge in [-0.25, -0.2) is 0 Å². The van der Waals surface area contributed by atoms with Crippen molar-refractivity contribution in [3.63, 3.8) is 0 Å². The fraction of sp³-hybridized carbons (Fsp3) is 0.350. The fourth-order valence-corrected chi connectivity index (χ4v) is 2.48. The molecule has 1 atom stereocenters. The third-order valence-corrected chi connectivity index (χ3v) is 3.90. The molecule has 4 nitrogen and oxygen atoms in total. The molecule has 0 aromatic heterocycles. The fourth-order valence-electron chi connectivity index (χ4n) is 2.48. The lowest BCUT2D eigenvalue weighted by Gasteiger charge is -2.17. The molecule has 0 radical (unpaired) electrons. The van der Waals surface area contributed by atoms with Crippen molar-refractivity contribution in [3.8, 4) is 11.5 Å². The molecule has 0 saturated heterocycles. The summed E-state index contributed by atoms with van der Waals surface area (Å²) >= 11 is 0. The monoisotopic (exact) mass is 327 g/mol. The van der Waals surface area contributed by atoms with Crippen molar-refractivity contribution < 1.29 is 14.3 Å². The van der Waals surface area contributed by atoms with Gasteiger partial charge in [-0.05, 0) is 36.6 Å². The number of methoxy groups -OCH3 is 1. The maximum Gasteiger partial charge on any atom is 0.258 e. The van der Waals surface area contributed by atoms with Crippen molar-refractivity contribution in [1.29, 1.82) is 0 Å². The van der Waals surface area contributed by atoms with Crippen molar-refractivity contribution in [2.45, 2.75) is 32.7 Å². The summed E-state index contributed by atoms with van der Waals surface area (Å²) in [7, 11) is 1.62. The molecule has 0 bridgehead atoms. The number of benzene rings is 2. The molecule has 128 valence electrons. The van der Waals surface area contributed by atoms with E-state index in [1.807, 2.05) is 55.5 Å². The molecule has 0 heterocycles. The van der Waals surface area contributed by atoms with Gasteiger partial charge >= 0.3 is 0 Å². The molecule has 0 aliphatic rings. The van der Waals surface area contributed by atoms with Crippen molar-refractivity contribution >= 4 is 5.91 Å².